The zero-order valence-corrected chi connectivity index (χ0v) is 15.6. The molecule has 0 radical (unpaired) electrons. The molecule has 30 heavy (non-hydrogen) atoms. The van der Waals surface area contributed by atoms with Gasteiger partial charge in [0, 0.05) is 36.3 Å². The van der Waals surface area contributed by atoms with Crippen molar-refractivity contribution in [1.82, 2.24) is 25.3 Å². The second-order valence-corrected chi connectivity index (χ2v) is 6.22. The summed E-state index contributed by atoms with van der Waals surface area (Å²) in [7, 11) is 0. The molecule has 0 aliphatic carbocycles. The summed E-state index contributed by atoms with van der Waals surface area (Å²) in [6.07, 6.45) is 6.91. The molecule has 1 atom stereocenters. The van der Waals surface area contributed by atoms with Crippen molar-refractivity contribution in [3.8, 4) is 17.3 Å². The minimum atomic E-state index is -1.32. The number of rotatable bonds is 4. The number of hydrogen-bond acceptors (Lipinski definition) is 7. The van der Waals surface area contributed by atoms with Crippen LogP contribution in [-0.4, -0.2) is 54.0 Å². The maximum Gasteiger partial charge on any atom is 0.342 e. The molecule has 1 aliphatic rings. The first-order valence-electron chi connectivity index (χ1n) is 8.86. The minimum Gasteiger partial charge on any atom is -0.493 e. The van der Waals surface area contributed by atoms with Crippen LogP contribution in [0.2, 0.25) is 0 Å². The minimum absolute atomic E-state index is 0.141. The fraction of sp³-hybridized carbons (Fsp3) is 0.158. The molecule has 1 aromatic carbocycles. The average molecular weight is 410 g/mol. The van der Waals surface area contributed by atoms with Crippen molar-refractivity contribution in [2.24, 2.45) is 0 Å². The van der Waals surface area contributed by atoms with E-state index in [1.165, 1.54) is 0 Å². The summed E-state index contributed by atoms with van der Waals surface area (Å²) < 4.78 is 0. The molecule has 0 saturated carbocycles. The van der Waals surface area contributed by atoms with E-state index in [0.29, 0.717) is 24.1 Å². The summed E-state index contributed by atoms with van der Waals surface area (Å²) in [4.78, 5) is 48.1. The normalized spacial score (nSPS) is 14.9. The number of carboxylic acid groups (broad SMARTS) is 1. The van der Waals surface area contributed by atoms with E-state index in [1.807, 2.05) is 0 Å². The Morgan fingerprint density at radius 2 is 1.97 bits per heavy atom. The highest BCUT2D eigenvalue weighted by molar-refractivity contribution is 5.99. The summed E-state index contributed by atoms with van der Waals surface area (Å²) in [5, 5.41) is 23.7. The lowest BCUT2D eigenvalue weighted by Crippen LogP contribution is -2.37. The molecule has 154 valence electrons. The van der Waals surface area contributed by atoms with Crippen molar-refractivity contribution < 1.29 is 24.6 Å². The van der Waals surface area contributed by atoms with Gasteiger partial charge in [0.15, 0.2) is 5.82 Å². The zero-order valence-electron chi connectivity index (χ0n) is 15.6. The summed E-state index contributed by atoms with van der Waals surface area (Å²) in [5.41, 5.74) is 0.687. The predicted molar refractivity (Wildman–Crippen MR) is 104 cm³/mol. The van der Waals surface area contributed by atoms with Gasteiger partial charge in [0.05, 0.1) is 6.33 Å². The first-order chi connectivity index (χ1) is 14.4. The SMILES string of the molecule is O=C1CCC(C(=O)Nc2ccc(-c3ncc(C(=O)O)c(O)n3)cc2)N1.c1c[nH]cn1. The number of aromatic amines is 1. The summed E-state index contributed by atoms with van der Waals surface area (Å²) >= 11 is 0. The van der Waals surface area contributed by atoms with Crippen LogP contribution in [0.4, 0.5) is 5.69 Å². The van der Waals surface area contributed by atoms with Gasteiger partial charge in [-0.15, -0.1) is 0 Å². The van der Waals surface area contributed by atoms with E-state index in [0.717, 1.165) is 6.20 Å². The van der Waals surface area contributed by atoms with Crippen molar-refractivity contribution in [3.63, 3.8) is 0 Å². The van der Waals surface area contributed by atoms with Gasteiger partial charge in [-0.25, -0.2) is 14.8 Å². The topological polar surface area (TPSA) is 170 Å². The van der Waals surface area contributed by atoms with Crippen LogP contribution >= 0.6 is 0 Å². The van der Waals surface area contributed by atoms with E-state index in [4.69, 9.17) is 5.11 Å². The fourth-order valence-electron chi connectivity index (χ4n) is 2.62. The lowest BCUT2D eigenvalue weighted by molar-refractivity contribution is -0.122. The van der Waals surface area contributed by atoms with Crippen LogP contribution < -0.4 is 10.6 Å². The largest absolute Gasteiger partial charge is 0.493 e. The number of amides is 2. The molecule has 0 bridgehead atoms. The Morgan fingerprint density at radius 3 is 2.47 bits per heavy atom. The molecule has 2 aromatic heterocycles. The Balaban J connectivity index is 0.000000448. The molecular weight excluding hydrogens is 392 g/mol. The Bertz CT molecular complexity index is 1020. The third kappa shape index (κ3) is 5.16. The first kappa shape index (κ1) is 20.5. The third-order valence-corrected chi connectivity index (χ3v) is 4.13. The molecule has 1 fully saturated rings. The smallest absolute Gasteiger partial charge is 0.342 e. The van der Waals surface area contributed by atoms with Crippen molar-refractivity contribution in [2.75, 3.05) is 5.32 Å². The Hall–Kier alpha value is -4.28. The number of H-pyrrole nitrogens is 1. The van der Waals surface area contributed by atoms with Gasteiger partial charge in [0.2, 0.25) is 17.7 Å². The number of nitrogens with zero attached hydrogens (tertiary/aromatic N) is 3. The van der Waals surface area contributed by atoms with Crippen molar-refractivity contribution >= 4 is 23.5 Å². The van der Waals surface area contributed by atoms with Crippen LogP contribution in [0.15, 0.2) is 49.2 Å². The van der Waals surface area contributed by atoms with Gasteiger partial charge in [0.1, 0.15) is 11.6 Å². The van der Waals surface area contributed by atoms with Gasteiger partial charge in [0.25, 0.3) is 0 Å². The van der Waals surface area contributed by atoms with Crippen molar-refractivity contribution in [3.05, 3.63) is 54.7 Å². The lowest BCUT2D eigenvalue weighted by atomic mass is 10.1. The van der Waals surface area contributed by atoms with Gasteiger partial charge < -0.3 is 25.8 Å². The van der Waals surface area contributed by atoms with E-state index in [2.05, 4.69) is 30.6 Å². The number of nitrogens with one attached hydrogen (secondary N) is 3. The van der Waals surface area contributed by atoms with E-state index >= 15 is 0 Å². The van der Waals surface area contributed by atoms with Gasteiger partial charge in [-0.1, -0.05) is 0 Å². The number of imidazole rings is 1. The zero-order chi connectivity index (χ0) is 21.5. The second kappa shape index (κ2) is 9.28. The van der Waals surface area contributed by atoms with E-state index in [-0.39, 0.29) is 23.2 Å². The number of hydrogen-bond donors (Lipinski definition) is 5. The van der Waals surface area contributed by atoms with Gasteiger partial charge >= 0.3 is 5.97 Å². The van der Waals surface area contributed by atoms with Crippen molar-refractivity contribution in [2.45, 2.75) is 18.9 Å². The summed E-state index contributed by atoms with van der Waals surface area (Å²) in [5.74, 6) is -2.22. The van der Waals surface area contributed by atoms with Crippen LogP contribution in [0.5, 0.6) is 5.88 Å². The second-order valence-electron chi connectivity index (χ2n) is 6.22. The molecule has 1 aliphatic heterocycles. The maximum atomic E-state index is 12.0. The van der Waals surface area contributed by atoms with Crippen LogP contribution in [-0.2, 0) is 9.59 Å². The van der Waals surface area contributed by atoms with Crippen LogP contribution in [0, 0.1) is 0 Å². The molecule has 11 nitrogen and oxygen atoms in total. The highest BCUT2D eigenvalue weighted by atomic mass is 16.4. The Morgan fingerprint density at radius 1 is 1.20 bits per heavy atom. The molecule has 3 aromatic rings. The monoisotopic (exact) mass is 410 g/mol. The van der Waals surface area contributed by atoms with Gasteiger partial charge in [-0.05, 0) is 30.7 Å². The standard InChI is InChI=1S/C16H14N4O5.C3H4N2/c21-12-6-5-11(19-12)15(23)18-9-3-1-8(2-4-9)13-17-7-10(16(24)25)14(22)20-13;1-2-5-3-4-1/h1-4,7,11H,5-6H2,(H,18,23)(H,19,21)(H,24,25)(H,17,20,22);1-3H,(H,4,5). The molecule has 3 heterocycles. The average Bonchev–Trinajstić information content (AvgIpc) is 3.43. The Kier molecular flexibility index (Phi) is 6.33. The summed E-state index contributed by atoms with van der Waals surface area (Å²) in [6.45, 7) is 0. The molecule has 1 saturated heterocycles. The number of carbonyl (C=O) groups excluding carboxylic acids is 2. The molecular formula is C19H18N6O5. The van der Waals surface area contributed by atoms with Crippen LogP contribution in [0.25, 0.3) is 11.4 Å². The fourth-order valence-corrected chi connectivity index (χ4v) is 2.62. The van der Waals surface area contributed by atoms with Crippen LogP contribution in [0.1, 0.15) is 23.2 Å². The highest BCUT2D eigenvalue weighted by Crippen LogP contribution is 2.22. The number of carboxylic acids is 1. The number of benzene rings is 1. The maximum absolute atomic E-state index is 12.0. The van der Waals surface area contributed by atoms with Gasteiger partial charge in [-0.2, -0.15) is 4.98 Å². The molecule has 11 heteroatoms. The van der Waals surface area contributed by atoms with E-state index in [1.54, 1.807) is 43.0 Å². The quantitative estimate of drug-likeness (QED) is 0.427. The summed E-state index contributed by atoms with van der Waals surface area (Å²) in [6, 6.07) is 5.96. The van der Waals surface area contributed by atoms with E-state index < -0.39 is 17.9 Å². The van der Waals surface area contributed by atoms with E-state index in [9.17, 15) is 19.5 Å². The highest BCUT2D eigenvalue weighted by Gasteiger charge is 2.27. The third-order valence-electron chi connectivity index (χ3n) is 4.13. The number of aromatic carboxylic acids is 1. The predicted octanol–water partition coefficient (Wildman–Crippen LogP) is 1.17. The number of anilines is 1. The molecule has 1 unspecified atom stereocenters. The number of aromatic nitrogens is 4. The van der Waals surface area contributed by atoms with Crippen molar-refractivity contribution in [1.29, 1.82) is 0 Å². The number of carbonyl (C=O) groups is 3. The molecule has 4 rings (SSSR count). The van der Waals surface area contributed by atoms with Crippen LogP contribution in [0.3, 0.4) is 0 Å². The Labute approximate surface area is 170 Å². The number of aromatic hydroxyl groups is 1. The molecule has 0 spiro atoms. The molecule has 5 N–H and O–H groups in total. The van der Waals surface area contributed by atoms with Gasteiger partial charge in [-0.3, -0.25) is 9.59 Å². The lowest BCUT2D eigenvalue weighted by Gasteiger charge is -2.11. The molecule has 2 amide bonds. The first-order valence-corrected chi connectivity index (χ1v) is 8.86.